The second-order valence-corrected chi connectivity index (χ2v) is 7.53. The van der Waals surface area contributed by atoms with Crippen molar-refractivity contribution in [3.05, 3.63) is 46.2 Å². The minimum atomic E-state index is -1.24. The van der Waals surface area contributed by atoms with Crippen LogP contribution in [-0.2, 0) is 24.6 Å². The maximum Gasteiger partial charge on any atom is 0.313 e. The summed E-state index contributed by atoms with van der Waals surface area (Å²) < 4.78 is 9.94. The normalized spacial score (nSPS) is 16.4. The van der Waals surface area contributed by atoms with Gasteiger partial charge in [0.2, 0.25) is 0 Å². The third kappa shape index (κ3) is 4.35. The number of hydrogen-bond acceptors (Lipinski definition) is 8. The number of anilines is 1. The molecule has 7 nitrogen and oxygen atoms in total. The summed E-state index contributed by atoms with van der Waals surface area (Å²) in [5.41, 5.74) is 7.47. The number of phenolic OH excluding ortho intramolecular Hbond substituents is 1. The van der Waals surface area contributed by atoms with Crippen molar-refractivity contribution in [1.29, 1.82) is 0 Å². The molecule has 3 rings (SSSR count). The van der Waals surface area contributed by atoms with Crippen LogP contribution in [0, 0.1) is 0 Å². The van der Waals surface area contributed by atoms with E-state index in [4.69, 9.17) is 10.5 Å². The number of benzene rings is 1. The lowest BCUT2D eigenvalue weighted by Crippen LogP contribution is -2.40. The Morgan fingerprint density at radius 1 is 1.32 bits per heavy atom. The molecule has 1 unspecified atom stereocenters. The van der Waals surface area contributed by atoms with E-state index in [1.165, 1.54) is 18.4 Å². The quantitative estimate of drug-likeness (QED) is 0.538. The van der Waals surface area contributed by atoms with Crippen molar-refractivity contribution in [2.24, 2.45) is 5.73 Å². The monoisotopic (exact) mass is 404 g/mol. The summed E-state index contributed by atoms with van der Waals surface area (Å²) in [4.78, 5) is 26.0. The van der Waals surface area contributed by atoms with E-state index < -0.39 is 11.5 Å². The Bertz CT molecular complexity index is 833. The molecule has 28 heavy (non-hydrogen) atoms. The van der Waals surface area contributed by atoms with Crippen LogP contribution < -0.4 is 10.6 Å². The molecule has 0 amide bonds. The van der Waals surface area contributed by atoms with Gasteiger partial charge < -0.3 is 25.2 Å². The summed E-state index contributed by atoms with van der Waals surface area (Å²) >= 11 is 1.45. The van der Waals surface area contributed by atoms with Crippen LogP contribution >= 0.6 is 11.3 Å². The number of hydrogen-bond donors (Lipinski definition) is 2. The van der Waals surface area contributed by atoms with Gasteiger partial charge in [0, 0.05) is 36.8 Å². The fourth-order valence-electron chi connectivity index (χ4n) is 3.39. The molecule has 0 radical (unpaired) electrons. The molecule has 8 heteroatoms. The molecule has 2 aromatic rings. The standard InChI is InChI=1S/C20H24N2O5S/c1-26-19(25)11-16(23)12-20(21,14-4-9-28-13-14)17-3-2-15(10-18(17)24)22-5-7-27-8-6-22/h2-4,9-10,13,24H,5-8,11-12,21H2,1H3. The zero-order valence-electron chi connectivity index (χ0n) is 15.7. The Balaban J connectivity index is 1.92. The molecule has 2 heterocycles. The highest BCUT2D eigenvalue weighted by Gasteiger charge is 2.36. The maximum atomic E-state index is 12.4. The van der Waals surface area contributed by atoms with E-state index in [2.05, 4.69) is 9.64 Å². The lowest BCUT2D eigenvalue weighted by atomic mass is 9.80. The van der Waals surface area contributed by atoms with Crippen molar-refractivity contribution in [2.75, 3.05) is 38.3 Å². The highest BCUT2D eigenvalue weighted by Crippen LogP contribution is 2.39. The van der Waals surface area contributed by atoms with E-state index >= 15 is 0 Å². The van der Waals surface area contributed by atoms with Gasteiger partial charge in [-0.2, -0.15) is 11.3 Å². The van der Waals surface area contributed by atoms with Crippen molar-refractivity contribution < 1.29 is 24.2 Å². The van der Waals surface area contributed by atoms with E-state index in [0.717, 1.165) is 18.8 Å². The molecule has 0 bridgehead atoms. The maximum absolute atomic E-state index is 12.4. The lowest BCUT2D eigenvalue weighted by Gasteiger charge is -2.32. The Morgan fingerprint density at radius 3 is 2.68 bits per heavy atom. The van der Waals surface area contributed by atoms with Gasteiger partial charge in [0.05, 0.1) is 25.9 Å². The number of morpholine rings is 1. The highest BCUT2D eigenvalue weighted by molar-refractivity contribution is 7.08. The Morgan fingerprint density at radius 2 is 2.07 bits per heavy atom. The minimum absolute atomic E-state index is 0.0172. The number of methoxy groups -OCH3 is 1. The Labute approximate surface area is 167 Å². The number of phenols is 1. The fraction of sp³-hybridized carbons (Fsp3) is 0.400. The van der Waals surface area contributed by atoms with Crippen LogP contribution in [-0.4, -0.2) is 50.3 Å². The molecule has 1 aliphatic heterocycles. The Kier molecular flexibility index (Phi) is 6.33. The highest BCUT2D eigenvalue weighted by atomic mass is 32.1. The smallest absolute Gasteiger partial charge is 0.313 e. The van der Waals surface area contributed by atoms with Gasteiger partial charge in [-0.15, -0.1) is 0 Å². The van der Waals surface area contributed by atoms with Crippen LogP contribution in [0.1, 0.15) is 24.0 Å². The first kappa shape index (κ1) is 20.3. The molecule has 1 fully saturated rings. The van der Waals surface area contributed by atoms with E-state index in [1.54, 1.807) is 12.1 Å². The summed E-state index contributed by atoms with van der Waals surface area (Å²) in [6.45, 7) is 2.77. The average Bonchev–Trinajstić information content (AvgIpc) is 3.23. The number of nitrogens with zero attached hydrogens (tertiary/aromatic N) is 1. The first-order valence-electron chi connectivity index (χ1n) is 9.00. The second-order valence-electron chi connectivity index (χ2n) is 6.75. The van der Waals surface area contributed by atoms with Gasteiger partial charge in [-0.3, -0.25) is 9.59 Å². The Hall–Kier alpha value is -2.42. The molecule has 1 aromatic carbocycles. The molecule has 0 spiro atoms. The van der Waals surface area contributed by atoms with Crippen molar-refractivity contribution in [2.45, 2.75) is 18.4 Å². The molecule has 150 valence electrons. The number of aromatic hydroxyl groups is 1. The number of Topliss-reactive ketones (excluding diaryl/α,β-unsaturated/α-hetero) is 1. The molecule has 0 aliphatic carbocycles. The number of esters is 1. The summed E-state index contributed by atoms with van der Waals surface area (Å²) in [7, 11) is 1.24. The third-order valence-corrected chi connectivity index (χ3v) is 5.60. The van der Waals surface area contributed by atoms with E-state index in [0.29, 0.717) is 24.3 Å². The van der Waals surface area contributed by atoms with Crippen molar-refractivity contribution in [3.63, 3.8) is 0 Å². The summed E-state index contributed by atoms with van der Waals surface area (Å²) in [5.74, 6) is -0.940. The number of nitrogens with two attached hydrogens (primary N) is 1. The molecule has 0 saturated carbocycles. The topological polar surface area (TPSA) is 102 Å². The van der Waals surface area contributed by atoms with Crippen LogP contribution in [0.4, 0.5) is 5.69 Å². The number of ketones is 1. The average molecular weight is 404 g/mol. The molecule has 1 aromatic heterocycles. The zero-order chi connectivity index (χ0) is 20.1. The van der Waals surface area contributed by atoms with Gasteiger partial charge in [0.25, 0.3) is 0 Å². The number of carbonyl (C=O) groups is 2. The number of thiophene rings is 1. The van der Waals surface area contributed by atoms with Crippen LogP contribution in [0.15, 0.2) is 35.0 Å². The van der Waals surface area contributed by atoms with Crippen molar-refractivity contribution in [1.82, 2.24) is 0 Å². The van der Waals surface area contributed by atoms with Gasteiger partial charge >= 0.3 is 5.97 Å². The molecule has 1 aliphatic rings. The molecular weight excluding hydrogens is 380 g/mol. The molecule has 1 atom stereocenters. The molecular formula is C20H24N2O5S. The SMILES string of the molecule is COC(=O)CC(=O)CC(N)(c1ccsc1)c1ccc(N2CCOCC2)cc1O. The lowest BCUT2D eigenvalue weighted by molar-refractivity contribution is -0.143. The third-order valence-electron chi connectivity index (χ3n) is 4.92. The second kappa shape index (κ2) is 8.72. The first-order chi connectivity index (χ1) is 13.4. The number of rotatable bonds is 7. The first-order valence-corrected chi connectivity index (χ1v) is 9.94. The van der Waals surface area contributed by atoms with Crippen LogP contribution in [0.2, 0.25) is 0 Å². The minimum Gasteiger partial charge on any atom is -0.508 e. The predicted molar refractivity (Wildman–Crippen MR) is 107 cm³/mol. The largest absolute Gasteiger partial charge is 0.508 e. The van der Waals surface area contributed by atoms with Crippen molar-refractivity contribution >= 4 is 28.8 Å². The van der Waals surface area contributed by atoms with Gasteiger partial charge in [0.1, 0.15) is 18.0 Å². The van der Waals surface area contributed by atoms with Gasteiger partial charge in [-0.25, -0.2) is 0 Å². The van der Waals surface area contributed by atoms with Gasteiger partial charge in [-0.05, 0) is 28.5 Å². The summed E-state index contributed by atoms with van der Waals surface area (Å²) in [6, 6.07) is 7.13. The molecule has 3 N–H and O–H groups in total. The summed E-state index contributed by atoms with van der Waals surface area (Å²) in [6.07, 6.45) is -0.477. The number of ether oxygens (including phenoxy) is 2. The van der Waals surface area contributed by atoms with E-state index in [-0.39, 0.29) is 24.4 Å². The van der Waals surface area contributed by atoms with Crippen LogP contribution in [0.25, 0.3) is 0 Å². The summed E-state index contributed by atoms with van der Waals surface area (Å²) in [5, 5.41) is 14.5. The predicted octanol–water partition coefficient (Wildman–Crippen LogP) is 2.01. The van der Waals surface area contributed by atoms with E-state index in [1.807, 2.05) is 22.9 Å². The fourth-order valence-corrected chi connectivity index (χ4v) is 4.13. The van der Waals surface area contributed by atoms with Gasteiger partial charge in [0.15, 0.2) is 0 Å². The number of carbonyl (C=O) groups excluding carboxylic acids is 2. The van der Waals surface area contributed by atoms with Gasteiger partial charge in [-0.1, -0.05) is 6.07 Å². The van der Waals surface area contributed by atoms with Crippen LogP contribution in [0.5, 0.6) is 5.75 Å². The van der Waals surface area contributed by atoms with Crippen LogP contribution in [0.3, 0.4) is 0 Å². The molecule has 1 saturated heterocycles. The van der Waals surface area contributed by atoms with E-state index in [9.17, 15) is 14.7 Å². The van der Waals surface area contributed by atoms with Crippen molar-refractivity contribution in [3.8, 4) is 5.75 Å². The zero-order valence-corrected chi connectivity index (χ0v) is 16.5.